The minimum atomic E-state index is -0.598. The summed E-state index contributed by atoms with van der Waals surface area (Å²) in [5, 5.41) is 9.84. The van der Waals surface area contributed by atoms with Gasteiger partial charge >= 0.3 is 0 Å². The van der Waals surface area contributed by atoms with Crippen molar-refractivity contribution in [2.45, 2.75) is 93.4 Å². The van der Waals surface area contributed by atoms with Crippen molar-refractivity contribution in [2.24, 2.45) is 62.6 Å². The van der Waals surface area contributed by atoms with Gasteiger partial charge in [0.1, 0.15) is 18.1 Å². The Labute approximate surface area is 211 Å². The van der Waals surface area contributed by atoms with Crippen molar-refractivity contribution in [3.05, 3.63) is 11.6 Å². The Balaban J connectivity index is 1.62. The molecule has 4 fully saturated rings. The van der Waals surface area contributed by atoms with Crippen LogP contribution < -0.4 is 0 Å². The predicted octanol–water partition coefficient (Wildman–Crippen LogP) is 6.34. The van der Waals surface area contributed by atoms with Gasteiger partial charge in [0.15, 0.2) is 5.78 Å². The van der Waals surface area contributed by atoms with E-state index in [0.717, 1.165) is 38.5 Å². The highest BCUT2D eigenvalue weighted by molar-refractivity contribution is 6.04. The summed E-state index contributed by atoms with van der Waals surface area (Å²) in [6, 6.07) is 2.20. The molecule has 0 aromatic rings. The molecule has 0 radical (unpaired) electrons. The third-order valence-electron chi connectivity index (χ3n) is 12.5. The summed E-state index contributed by atoms with van der Waals surface area (Å²) in [6.45, 7) is 15.6. The van der Waals surface area contributed by atoms with Gasteiger partial charge in [-0.1, -0.05) is 54.5 Å². The van der Waals surface area contributed by atoms with Crippen LogP contribution in [0.15, 0.2) is 11.6 Å². The van der Waals surface area contributed by atoms with Crippen LogP contribution in [0.1, 0.15) is 93.4 Å². The average Bonchev–Trinajstić information content (AvgIpc) is 2.76. The molecular formula is C31H43NO3. The van der Waals surface area contributed by atoms with Gasteiger partial charge in [-0.25, -0.2) is 0 Å². The molecule has 4 saturated carbocycles. The molecule has 0 aliphatic heterocycles. The van der Waals surface area contributed by atoms with E-state index in [1.165, 1.54) is 6.29 Å². The SMILES string of the molecule is CC1(C)CC2C(CC[C@]3(C)C2C(=O)C[C@@H]2[C@@]4(C)C=C(C#N)C(=O)C(C)(C)[C@@H]4CC[C@]23C)[C@H](C=O)C1. The second kappa shape index (κ2) is 7.39. The van der Waals surface area contributed by atoms with E-state index in [2.05, 4.69) is 40.7 Å². The molecule has 3 unspecified atom stereocenters. The number of carbonyl (C=O) groups is 3. The van der Waals surface area contributed by atoms with Gasteiger partial charge in [-0.05, 0) is 83.9 Å². The maximum atomic E-state index is 14.2. The molecule has 0 heterocycles. The van der Waals surface area contributed by atoms with Crippen molar-refractivity contribution in [3.8, 4) is 6.07 Å². The summed E-state index contributed by atoms with van der Waals surface area (Å²) >= 11 is 0. The largest absolute Gasteiger partial charge is 0.303 e. The number of nitrogens with zero attached hydrogens (tertiary/aromatic N) is 1. The van der Waals surface area contributed by atoms with Gasteiger partial charge in [0.05, 0.1) is 5.57 Å². The van der Waals surface area contributed by atoms with E-state index in [0.29, 0.717) is 18.1 Å². The first kappa shape index (κ1) is 24.9. The van der Waals surface area contributed by atoms with E-state index in [1.807, 2.05) is 19.9 Å². The monoisotopic (exact) mass is 477 g/mol. The fourth-order valence-electron chi connectivity index (χ4n) is 10.9. The Morgan fingerprint density at radius 2 is 1.57 bits per heavy atom. The summed E-state index contributed by atoms with van der Waals surface area (Å²) in [5.74, 6) is 1.25. The maximum absolute atomic E-state index is 14.2. The van der Waals surface area contributed by atoms with Gasteiger partial charge in [0.2, 0.25) is 0 Å². The van der Waals surface area contributed by atoms with Crippen molar-refractivity contribution in [1.29, 1.82) is 5.26 Å². The van der Waals surface area contributed by atoms with Crippen LogP contribution in [0.5, 0.6) is 0 Å². The van der Waals surface area contributed by atoms with E-state index in [4.69, 9.17) is 0 Å². The first-order valence-corrected chi connectivity index (χ1v) is 13.8. The maximum Gasteiger partial charge on any atom is 0.178 e. The van der Waals surface area contributed by atoms with E-state index >= 15 is 0 Å². The normalized spacial score (nSPS) is 49.9. The molecule has 0 amide bonds. The lowest BCUT2D eigenvalue weighted by atomic mass is 9.32. The zero-order chi connectivity index (χ0) is 25.8. The van der Waals surface area contributed by atoms with Crippen LogP contribution in [0.4, 0.5) is 0 Å². The highest BCUT2D eigenvalue weighted by Crippen LogP contribution is 2.74. The molecule has 0 N–H and O–H groups in total. The Bertz CT molecular complexity index is 1060. The van der Waals surface area contributed by atoms with Crippen molar-refractivity contribution >= 4 is 17.9 Å². The van der Waals surface area contributed by atoms with Crippen LogP contribution in [-0.4, -0.2) is 17.9 Å². The highest BCUT2D eigenvalue weighted by atomic mass is 16.1. The Morgan fingerprint density at radius 3 is 2.20 bits per heavy atom. The van der Waals surface area contributed by atoms with Crippen molar-refractivity contribution < 1.29 is 14.4 Å². The first-order valence-electron chi connectivity index (χ1n) is 13.8. The minimum absolute atomic E-state index is 0.00215. The number of fused-ring (bicyclic) bond motifs is 7. The number of aldehydes is 1. The molecular weight excluding hydrogens is 434 g/mol. The van der Waals surface area contributed by atoms with Gasteiger partial charge in [-0.3, -0.25) is 9.59 Å². The zero-order valence-corrected chi connectivity index (χ0v) is 22.7. The summed E-state index contributed by atoms with van der Waals surface area (Å²) < 4.78 is 0. The Morgan fingerprint density at radius 1 is 0.914 bits per heavy atom. The molecule has 0 saturated heterocycles. The van der Waals surface area contributed by atoms with E-state index in [9.17, 15) is 19.6 Å². The quantitative estimate of drug-likeness (QED) is 0.413. The number of carbonyl (C=O) groups excluding carboxylic acids is 3. The number of rotatable bonds is 1. The standard InChI is InChI=1S/C31H43NO3/c1-27(2)13-19(17-33)20-8-10-31(7)25(21(20)15-27)22(34)12-24-29(5)14-18(16-32)26(35)28(3,4)23(29)9-11-30(24,31)6/h14,17,19-21,23-25H,8-13,15H2,1-7H3/t19-,20?,21?,23-,24+,25?,29-,30+,31+/m0/s1. The van der Waals surface area contributed by atoms with Gasteiger partial charge < -0.3 is 4.79 Å². The molecule has 4 nitrogen and oxygen atoms in total. The van der Waals surface area contributed by atoms with Crippen LogP contribution in [0, 0.1) is 73.9 Å². The summed E-state index contributed by atoms with van der Waals surface area (Å²) in [4.78, 5) is 39.5. The molecule has 4 heteroatoms. The van der Waals surface area contributed by atoms with Gasteiger partial charge in [-0.15, -0.1) is 0 Å². The molecule has 0 bridgehead atoms. The van der Waals surface area contributed by atoms with Gasteiger partial charge in [0, 0.05) is 23.7 Å². The van der Waals surface area contributed by atoms with Crippen molar-refractivity contribution in [1.82, 2.24) is 0 Å². The average molecular weight is 478 g/mol. The summed E-state index contributed by atoms with van der Waals surface area (Å²) in [5.41, 5.74) is -0.774. The molecule has 5 rings (SSSR count). The second-order valence-corrected chi connectivity index (χ2v) is 15.0. The highest BCUT2D eigenvalue weighted by Gasteiger charge is 2.70. The van der Waals surface area contributed by atoms with E-state index < -0.39 is 5.41 Å². The molecule has 35 heavy (non-hydrogen) atoms. The summed E-state index contributed by atoms with van der Waals surface area (Å²) in [6.07, 6.45) is 9.61. The fraction of sp³-hybridized carbons (Fsp3) is 0.806. The minimum Gasteiger partial charge on any atom is -0.303 e. The van der Waals surface area contributed by atoms with Crippen molar-refractivity contribution in [3.63, 3.8) is 0 Å². The Hall–Kier alpha value is -1.76. The topological polar surface area (TPSA) is 75.0 Å². The number of allylic oxidation sites excluding steroid dienone is 2. The van der Waals surface area contributed by atoms with Crippen LogP contribution >= 0.6 is 0 Å². The van der Waals surface area contributed by atoms with Crippen LogP contribution in [-0.2, 0) is 14.4 Å². The number of Topliss-reactive ketones (excluding diaryl/α,β-unsaturated/α-hetero) is 2. The lowest BCUT2D eigenvalue weighted by Gasteiger charge is -2.71. The number of nitriles is 1. The lowest BCUT2D eigenvalue weighted by molar-refractivity contribution is -0.213. The number of ketones is 2. The number of hydrogen-bond donors (Lipinski definition) is 0. The third-order valence-corrected chi connectivity index (χ3v) is 12.5. The summed E-state index contributed by atoms with van der Waals surface area (Å²) in [7, 11) is 0. The van der Waals surface area contributed by atoms with Crippen molar-refractivity contribution in [2.75, 3.05) is 0 Å². The van der Waals surface area contributed by atoms with Gasteiger partial charge in [-0.2, -0.15) is 5.26 Å². The molecule has 9 atom stereocenters. The molecule has 0 aromatic heterocycles. The smallest absolute Gasteiger partial charge is 0.178 e. The van der Waals surface area contributed by atoms with Crippen LogP contribution in [0.2, 0.25) is 0 Å². The molecule has 5 aliphatic rings. The molecule has 0 spiro atoms. The molecule has 190 valence electrons. The van der Waals surface area contributed by atoms with Crippen LogP contribution in [0.3, 0.4) is 0 Å². The molecule has 5 aliphatic carbocycles. The lowest BCUT2D eigenvalue weighted by Crippen LogP contribution is -2.67. The predicted molar refractivity (Wildman–Crippen MR) is 135 cm³/mol. The first-order chi connectivity index (χ1) is 16.2. The Kier molecular flexibility index (Phi) is 5.26. The van der Waals surface area contributed by atoms with Crippen LogP contribution in [0.25, 0.3) is 0 Å². The van der Waals surface area contributed by atoms with Gasteiger partial charge in [0.25, 0.3) is 0 Å². The van der Waals surface area contributed by atoms with E-state index in [-0.39, 0.29) is 62.6 Å². The van der Waals surface area contributed by atoms with E-state index in [1.54, 1.807) is 0 Å². The molecule has 0 aromatic carbocycles. The number of hydrogen-bond acceptors (Lipinski definition) is 4. The third kappa shape index (κ3) is 3.05. The zero-order valence-electron chi connectivity index (χ0n) is 22.7. The second-order valence-electron chi connectivity index (χ2n) is 15.0. The fourth-order valence-corrected chi connectivity index (χ4v) is 10.9.